The predicted molar refractivity (Wildman–Crippen MR) is 67.8 cm³/mol. The van der Waals surface area contributed by atoms with Crippen molar-refractivity contribution in [3.63, 3.8) is 0 Å². The molecule has 0 aromatic rings. The summed E-state index contributed by atoms with van der Waals surface area (Å²) < 4.78 is 31.9. The Morgan fingerprint density at radius 2 is 1.50 bits per heavy atom. The molecule has 0 spiro atoms. The van der Waals surface area contributed by atoms with E-state index in [2.05, 4.69) is 6.92 Å². The molecule has 0 saturated carbocycles. The van der Waals surface area contributed by atoms with Gasteiger partial charge in [-0.25, -0.2) is 8.42 Å². The second-order valence-corrected chi connectivity index (χ2v) is 6.53. The molecule has 4 nitrogen and oxygen atoms in total. The van der Waals surface area contributed by atoms with Crippen molar-refractivity contribution in [1.82, 2.24) is 0 Å². The average molecular weight is 304 g/mol. The molecule has 2 atom stereocenters. The van der Waals surface area contributed by atoms with Crippen LogP contribution in [0.25, 0.3) is 0 Å². The summed E-state index contributed by atoms with van der Waals surface area (Å²) >= 11 is 0. The molecule has 18 heavy (non-hydrogen) atoms. The Bertz CT molecular complexity index is 280. The molecule has 2 unspecified atom stereocenters. The summed E-state index contributed by atoms with van der Waals surface area (Å²) in [5.74, 6) is 0. The quantitative estimate of drug-likeness (QED) is 0.333. The molecule has 0 aliphatic rings. The number of hydrogen-bond donors (Lipinski definition) is 1. The summed E-state index contributed by atoms with van der Waals surface area (Å²) in [7, 11) is -4.13. The second-order valence-electron chi connectivity index (χ2n) is 4.74. The van der Waals surface area contributed by atoms with E-state index in [1.54, 1.807) is 0 Å². The van der Waals surface area contributed by atoms with Crippen molar-refractivity contribution in [2.45, 2.75) is 76.6 Å². The SMILES string of the molecule is CCCCCC(O)CCCCC(C)S(=O)(=O)[O-].[K+]. The number of rotatable bonds is 10. The van der Waals surface area contributed by atoms with E-state index >= 15 is 0 Å². The van der Waals surface area contributed by atoms with E-state index in [1.165, 1.54) is 6.92 Å². The first-order chi connectivity index (χ1) is 7.88. The first kappa shape index (κ1) is 21.8. The van der Waals surface area contributed by atoms with Gasteiger partial charge in [-0.05, 0) is 26.2 Å². The third-order valence-corrected chi connectivity index (χ3v) is 4.25. The number of aliphatic hydroxyl groups excluding tert-OH is 1. The van der Waals surface area contributed by atoms with Gasteiger partial charge in [-0.15, -0.1) is 0 Å². The Labute approximate surface area is 154 Å². The Morgan fingerprint density at radius 1 is 1.06 bits per heavy atom. The number of aliphatic hydroxyl groups is 1. The maximum absolute atomic E-state index is 10.6. The molecule has 104 valence electrons. The topological polar surface area (TPSA) is 77.4 Å². The summed E-state index contributed by atoms with van der Waals surface area (Å²) in [6, 6.07) is 0. The Morgan fingerprint density at radius 3 is 1.94 bits per heavy atom. The van der Waals surface area contributed by atoms with Crippen molar-refractivity contribution in [2.24, 2.45) is 0 Å². The molecule has 0 amide bonds. The Kier molecular flexibility index (Phi) is 14.9. The zero-order valence-corrected chi connectivity index (χ0v) is 15.8. The molecule has 0 aliphatic heterocycles. The maximum Gasteiger partial charge on any atom is 1.00 e. The minimum atomic E-state index is -4.13. The molecule has 0 rings (SSSR count). The third-order valence-electron chi connectivity index (χ3n) is 3.03. The minimum absolute atomic E-state index is 0. The Balaban J connectivity index is 0. The molecule has 0 aromatic carbocycles. The minimum Gasteiger partial charge on any atom is -0.748 e. The van der Waals surface area contributed by atoms with Crippen molar-refractivity contribution in [3.05, 3.63) is 0 Å². The van der Waals surface area contributed by atoms with Crippen molar-refractivity contribution >= 4 is 10.1 Å². The van der Waals surface area contributed by atoms with Crippen molar-refractivity contribution < 1.29 is 69.5 Å². The molecule has 0 bridgehead atoms. The molecule has 6 heteroatoms. The van der Waals surface area contributed by atoms with Crippen LogP contribution in [-0.2, 0) is 10.1 Å². The zero-order valence-electron chi connectivity index (χ0n) is 11.9. The molecule has 0 radical (unpaired) electrons. The van der Waals surface area contributed by atoms with Crippen LogP contribution in [-0.4, -0.2) is 29.4 Å². The molecule has 0 fully saturated rings. The van der Waals surface area contributed by atoms with Gasteiger partial charge >= 0.3 is 51.4 Å². The number of unbranched alkanes of at least 4 members (excludes halogenated alkanes) is 3. The van der Waals surface area contributed by atoms with Gasteiger partial charge in [-0.3, -0.25) is 0 Å². The first-order valence-corrected chi connectivity index (χ1v) is 7.97. The van der Waals surface area contributed by atoms with E-state index in [0.717, 1.165) is 32.1 Å². The molecule has 0 aromatic heterocycles. The van der Waals surface area contributed by atoms with Crippen LogP contribution in [0.4, 0.5) is 0 Å². The van der Waals surface area contributed by atoms with Crippen LogP contribution in [0.1, 0.15) is 65.2 Å². The fraction of sp³-hybridized carbons (Fsp3) is 1.00. The second kappa shape index (κ2) is 12.3. The van der Waals surface area contributed by atoms with Gasteiger partial charge < -0.3 is 9.66 Å². The van der Waals surface area contributed by atoms with Gasteiger partial charge in [0.15, 0.2) is 0 Å². The van der Waals surface area contributed by atoms with E-state index in [9.17, 15) is 18.1 Å². The molecular weight excluding hydrogens is 279 g/mol. The van der Waals surface area contributed by atoms with Crippen LogP contribution < -0.4 is 51.4 Å². The van der Waals surface area contributed by atoms with Crippen LogP contribution in [0.5, 0.6) is 0 Å². The van der Waals surface area contributed by atoms with Gasteiger partial charge in [0, 0.05) is 5.25 Å². The summed E-state index contributed by atoms with van der Waals surface area (Å²) in [5, 5.41) is 8.82. The van der Waals surface area contributed by atoms with Crippen molar-refractivity contribution in [1.29, 1.82) is 0 Å². The molecule has 1 N–H and O–H groups in total. The summed E-state index contributed by atoms with van der Waals surface area (Å²) in [6.07, 6.45) is 6.45. The van der Waals surface area contributed by atoms with Gasteiger partial charge in [0.2, 0.25) is 0 Å². The standard InChI is InChI=1S/C12H26O4S.K/c1-3-4-5-9-12(13)10-7-6-8-11(2)17(14,15)16;/h11-13H,3-10H2,1-2H3,(H,14,15,16);/q;+1/p-1. The third kappa shape index (κ3) is 12.5. The van der Waals surface area contributed by atoms with Crippen LogP contribution in [0.15, 0.2) is 0 Å². The zero-order chi connectivity index (χ0) is 13.3. The molecule has 0 saturated heterocycles. The summed E-state index contributed by atoms with van der Waals surface area (Å²) in [6.45, 7) is 3.57. The predicted octanol–water partition coefficient (Wildman–Crippen LogP) is -0.574. The van der Waals surface area contributed by atoms with E-state index in [-0.39, 0.29) is 57.5 Å². The van der Waals surface area contributed by atoms with Crippen LogP contribution in [0.3, 0.4) is 0 Å². The van der Waals surface area contributed by atoms with Gasteiger partial charge in [0.25, 0.3) is 0 Å². The normalized spacial score (nSPS) is 14.9. The van der Waals surface area contributed by atoms with Gasteiger partial charge in [-0.1, -0.05) is 39.0 Å². The Hall–Kier alpha value is 1.51. The van der Waals surface area contributed by atoms with Crippen molar-refractivity contribution in [3.8, 4) is 0 Å². The smallest absolute Gasteiger partial charge is 0.748 e. The van der Waals surface area contributed by atoms with E-state index in [0.29, 0.717) is 19.3 Å². The van der Waals surface area contributed by atoms with Gasteiger partial charge in [0.1, 0.15) is 0 Å². The fourth-order valence-corrected chi connectivity index (χ4v) is 2.19. The van der Waals surface area contributed by atoms with Crippen molar-refractivity contribution in [2.75, 3.05) is 0 Å². The van der Waals surface area contributed by atoms with E-state index in [4.69, 9.17) is 0 Å². The summed E-state index contributed by atoms with van der Waals surface area (Å²) in [4.78, 5) is 0. The van der Waals surface area contributed by atoms with Crippen LogP contribution in [0, 0.1) is 0 Å². The van der Waals surface area contributed by atoms with Gasteiger partial charge in [0.05, 0.1) is 16.2 Å². The molecule has 0 aliphatic carbocycles. The van der Waals surface area contributed by atoms with Crippen LogP contribution >= 0.6 is 0 Å². The van der Waals surface area contributed by atoms with E-state index in [1.807, 2.05) is 0 Å². The average Bonchev–Trinajstić information content (AvgIpc) is 2.23. The molecule has 0 heterocycles. The summed E-state index contributed by atoms with van der Waals surface area (Å²) in [5.41, 5.74) is 0. The molecular formula is C12H25KO4S. The number of hydrogen-bond acceptors (Lipinski definition) is 4. The monoisotopic (exact) mass is 304 g/mol. The maximum atomic E-state index is 10.6. The fourth-order valence-electron chi connectivity index (χ4n) is 1.73. The first-order valence-electron chi connectivity index (χ1n) is 6.50. The largest absolute Gasteiger partial charge is 1.00 e. The van der Waals surface area contributed by atoms with Crippen LogP contribution in [0.2, 0.25) is 0 Å². The van der Waals surface area contributed by atoms with E-state index < -0.39 is 15.4 Å². The van der Waals surface area contributed by atoms with Gasteiger partial charge in [-0.2, -0.15) is 0 Å².